The topological polar surface area (TPSA) is 45.7 Å². The van der Waals surface area contributed by atoms with Gasteiger partial charge in [-0.3, -0.25) is 4.99 Å². The quantitative estimate of drug-likeness (QED) is 0.271. The molecule has 130 valence electrons. The highest BCUT2D eigenvalue weighted by Crippen LogP contribution is 2.28. The van der Waals surface area contributed by atoms with E-state index >= 15 is 0 Å². The summed E-state index contributed by atoms with van der Waals surface area (Å²) >= 11 is 0. The Bertz CT molecular complexity index is 449. The highest BCUT2D eigenvalue weighted by Gasteiger charge is 2.20. The molecule has 0 saturated heterocycles. The minimum Gasteiger partial charge on any atom is -0.374 e. The van der Waals surface area contributed by atoms with Crippen molar-refractivity contribution in [2.75, 3.05) is 26.2 Å². The molecule has 0 aromatic heterocycles. The zero-order chi connectivity index (χ0) is 15.6. The largest absolute Gasteiger partial charge is 0.374 e. The summed E-state index contributed by atoms with van der Waals surface area (Å²) in [6.45, 7) is 7.70. The van der Waals surface area contributed by atoms with Crippen LogP contribution < -0.4 is 10.6 Å². The normalized spacial score (nSPS) is 15.7. The minimum atomic E-state index is 0. The van der Waals surface area contributed by atoms with Crippen molar-refractivity contribution in [3.05, 3.63) is 35.9 Å². The van der Waals surface area contributed by atoms with Crippen LogP contribution in [-0.2, 0) is 4.74 Å². The summed E-state index contributed by atoms with van der Waals surface area (Å²) in [6, 6.07) is 10.3. The standard InChI is InChI=1S/C18H29N3O.HI/c1-3-19-18(21-14-16-10-11-16)20-12-7-13-22-15(2)17-8-5-4-6-9-17;/h4-6,8-9,15-16H,3,7,10-14H2,1-2H3,(H2,19,20,21);1H. The number of hydrogen-bond donors (Lipinski definition) is 2. The van der Waals surface area contributed by atoms with E-state index in [9.17, 15) is 0 Å². The third-order valence-electron chi connectivity index (χ3n) is 3.80. The average molecular weight is 431 g/mol. The molecule has 1 unspecified atom stereocenters. The molecule has 0 aliphatic heterocycles. The molecular formula is C18H30IN3O. The zero-order valence-electron chi connectivity index (χ0n) is 14.3. The fourth-order valence-corrected chi connectivity index (χ4v) is 2.22. The second-order valence-corrected chi connectivity index (χ2v) is 5.87. The van der Waals surface area contributed by atoms with E-state index in [4.69, 9.17) is 4.74 Å². The summed E-state index contributed by atoms with van der Waals surface area (Å²) in [5.41, 5.74) is 1.23. The van der Waals surface area contributed by atoms with Crippen LogP contribution >= 0.6 is 24.0 Å². The summed E-state index contributed by atoms with van der Waals surface area (Å²) < 4.78 is 5.88. The van der Waals surface area contributed by atoms with Crippen molar-refractivity contribution in [1.29, 1.82) is 0 Å². The number of aliphatic imine (C=N–C) groups is 1. The van der Waals surface area contributed by atoms with E-state index < -0.39 is 0 Å². The summed E-state index contributed by atoms with van der Waals surface area (Å²) in [4.78, 5) is 4.61. The van der Waals surface area contributed by atoms with Gasteiger partial charge >= 0.3 is 0 Å². The van der Waals surface area contributed by atoms with Gasteiger partial charge in [0.15, 0.2) is 5.96 Å². The molecule has 1 aliphatic rings. The molecule has 0 heterocycles. The highest BCUT2D eigenvalue weighted by molar-refractivity contribution is 14.0. The number of benzene rings is 1. The first-order valence-electron chi connectivity index (χ1n) is 8.48. The maximum Gasteiger partial charge on any atom is 0.191 e. The van der Waals surface area contributed by atoms with Gasteiger partial charge < -0.3 is 15.4 Å². The molecular weight excluding hydrogens is 401 g/mol. The van der Waals surface area contributed by atoms with Crippen LogP contribution in [0.5, 0.6) is 0 Å². The van der Waals surface area contributed by atoms with E-state index in [-0.39, 0.29) is 30.1 Å². The first-order valence-corrected chi connectivity index (χ1v) is 8.48. The number of ether oxygens (including phenoxy) is 1. The molecule has 0 amide bonds. The molecule has 1 atom stereocenters. The lowest BCUT2D eigenvalue weighted by Crippen LogP contribution is -2.38. The molecule has 1 aromatic carbocycles. The molecule has 2 rings (SSSR count). The Balaban J connectivity index is 0.00000264. The average Bonchev–Trinajstić information content (AvgIpc) is 3.37. The van der Waals surface area contributed by atoms with Gasteiger partial charge in [-0.25, -0.2) is 0 Å². The highest BCUT2D eigenvalue weighted by atomic mass is 127. The van der Waals surface area contributed by atoms with Crippen molar-refractivity contribution in [2.24, 2.45) is 10.9 Å². The molecule has 0 radical (unpaired) electrons. The van der Waals surface area contributed by atoms with E-state index in [0.29, 0.717) is 0 Å². The van der Waals surface area contributed by atoms with Crippen LogP contribution in [0.15, 0.2) is 35.3 Å². The van der Waals surface area contributed by atoms with Crippen molar-refractivity contribution >= 4 is 29.9 Å². The maximum atomic E-state index is 5.88. The molecule has 5 heteroatoms. The third-order valence-corrected chi connectivity index (χ3v) is 3.80. The van der Waals surface area contributed by atoms with Gasteiger partial charge in [0.25, 0.3) is 0 Å². The molecule has 1 aliphatic carbocycles. The molecule has 0 bridgehead atoms. The number of hydrogen-bond acceptors (Lipinski definition) is 2. The fourth-order valence-electron chi connectivity index (χ4n) is 2.22. The van der Waals surface area contributed by atoms with Gasteiger partial charge in [-0.2, -0.15) is 0 Å². The lowest BCUT2D eigenvalue weighted by molar-refractivity contribution is 0.0646. The van der Waals surface area contributed by atoms with Crippen molar-refractivity contribution < 1.29 is 4.74 Å². The molecule has 4 nitrogen and oxygen atoms in total. The second-order valence-electron chi connectivity index (χ2n) is 5.87. The van der Waals surface area contributed by atoms with Crippen LogP contribution in [0.3, 0.4) is 0 Å². The van der Waals surface area contributed by atoms with Gasteiger partial charge in [0.2, 0.25) is 0 Å². The van der Waals surface area contributed by atoms with E-state index in [1.807, 2.05) is 6.07 Å². The number of rotatable bonds is 9. The second kappa shape index (κ2) is 11.7. The lowest BCUT2D eigenvalue weighted by atomic mass is 10.1. The molecule has 1 fully saturated rings. The van der Waals surface area contributed by atoms with Gasteiger partial charge in [0.1, 0.15) is 0 Å². The summed E-state index contributed by atoms with van der Waals surface area (Å²) in [5, 5.41) is 6.67. The number of halogens is 1. The third kappa shape index (κ3) is 8.55. The van der Waals surface area contributed by atoms with Gasteiger partial charge in [0.05, 0.1) is 6.10 Å². The maximum absolute atomic E-state index is 5.88. The van der Waals surface area contributed by atoms with Crippen LogP contribution in [0.1, 0.15) is 44.8 Å². The Morgan fingerprint density at radius 3 is 2.65 bits per heavy atom. The van der Waals surface area contributed by atoms with Crippen LogP contribution in [0.4, 0.5) is 0 Å². The van der Waals surface area contributed by atoms with E-state index in [0.717, 1.165) is 44.5 Å². The summed E-state index contributed by atoms with van der Waals surface area (Å²) in [7, 11) is 0. The minimum absolute atomic E-state index is 0. The Morgan fingerprint density at radius 1 is 1.26 bits per heavy atom. The Kier molecular flexibility index (Phi) is 10.3. The van der Waals surface area contributed by atoms with E-state index in [2.05, 4.69) is 53.7 Å². The molecule has 1 saturated carbocycles. The van der Waals surface area contributed by atoms with Gasteiger partial charge in [-0.15, -0.1) is 24.0 Å². The fraction of sp³-hybridized carbons (Fsp3) is 0.611. The zero-order valence-corrected chi connectivity index (χ0v) is 16.6. The lowest BCUT2D eigenvalue weighted by Gasteiger charge is -2.14. The monoisotopic (exact) mass is 431 g/mol. The van der Waals surface area contributed by atoms with Crippen molar-refractivity contribution in [2.45, 2.75) is 39.2 Å². The smallest absolute Gasteiger partial charge is 0.191 e. The van der Waals surface area contributed by atoms with E-state index in [1.54, 1.807) is 0 Å². The van der Waals surface area contributed by atoms with Crippen molar-refractivity contribution in [1.82, 2.24) is 10.6 Å². The van der Waals surface area contributed by atoms with Crippen molar-refractivity contribution in [3.8, 4) is 0 Å². The van der Waals surface area contributed by atoms with Crippen LogP contribution in [0.2, 0.25) is 0 Å². The SMILES string of the molecule is CCNC(=NCC1CC1)NCCCOC(C)c1ccccc1.I. The molecule has 1 aromatic rings. The number of nitrogens with zero attached hydrogens (tertiary/aromatic N) is 1. The summed E-state index contributed by atoms with van der Waals surface area (Å²) in [6.07, 6.45) is 3.81. The van der Waals surface area contributed by atoms with Crippen LogP contribution in [0.25, 0.3) is 0 Å². The van der Waals surface area contributed by atoms with Gasteiger partial charge in [-0.1, -0.05) is 30.3 Å². The van der Waals surface area contributed by atoms with Crippen LogP contribution in [-0.4, -0.2) is 32.2 Å². The molecule has 23 heavy (non-hydrogen) atoms. The van der Waals surface area contributed by atoms with Crippen molar-refractivity contribution in [3.63, 3.8) is 0 Å². The Hall–Kier alpha value is -0.820. The Labute approximate surface area is 157 Å². The molecule has 0 spiro atoms. The van der Waals surface area contributed by atoms with E-state index in [1.165, 1.54) is 18.4 Å². The number of guanidine groups is 1. The summed E-state index contributed by atoms with van der Waals surface area (Å²) in [5.74, 6) is 1.76. The van der Waals surface area contributed by atoms with Gasteiger partial charge in [-0.05, 0) is 44.6 Å². The predicted molar refractivity (Wildman–Crippen MR) is 108 cm³/mol. The first kappa shape index (κ1) is 20.2. The predicted octanol–water partition coefficient (Wildman–Crippen LogP) is 3.74. The molecule has 2 N–H and O–H groups in total. The van der Waals surface area contributed by atoms with Crippen LogP contribution in [0, 0.1) is 5.92 Å². The van der Waals surface area contributed by atoms with Gasteiger partial charge in [0, 0.05) is 26.2 Å². The Morgan fingerprint density at radius 2 is 2.00 bits per heavy atom. The first-order chi connectivity index (χ1) is 10.8. The number of nitrogens with one attached hydrogen (secondary N) is 2.